The van der Waals surface area contributed by atoms with Gasteiger partial charge in [-0.25, -0.2) is 4.98 Å². The number of nitrogens with zero attached hydrogens (tertiary/aromatic N) is 1. The van der Waals surface area contributed by atoms with Crippen molar-refractivity contribution in [2.75, 3.05) is 14.2 Å². The van der Waals surface area contributed by atoms with Gasteiger partial charge in [0.25, 0.3) is 0 Å². The Morgan fingerprint density at radius 1 is 1.10 bits per heavy atom. The summed E-state index contributed by atoms with van der Waals surface area (Å²) in [5.41, 5.74) is 6.82. The molecule has 0 amide bonds. The molecule has 1 aromatic heterocycles. The molecule has 5 nitrogen and oxygen atoms in total. The third kappa shape index (κ3) is 4.10. The van der Waals surface area contributed by atoms with Crippen LogP contribution in [0.4, 0.5) is 0 Å². The van der Waals surface area contributed by atoms with Gasteiger partial charge in [0.2, 0.25) is 5.88 Å². The Kier molecular flexibility index (Phi) is 5.00. The average molecular weight is 288 g/mol. The van der Waals surface area contributed by atoms with Gasteiger partial charge in [-0.05, 0) is 19.4 Å². The molecule has 21 heavy (non-hydrogen) atoms. The normalized spacial score (nSPS) is 11.8. The maximum Gasteiger partial charge on any atom is 0.222 e. The second-order valence-electron chi connectivity index (χ2n) is 4.80. The van der Waals surface area contributed by atoms with Crippen LogP contribution in [-0.4, -0.2) is 25.2 Å². The lowest BCUT2D eigenvalue weighted by atomic mass is 10.1. The van der Waals surface area contributed by atoms with Gasteiger partial charge in [-0.1, -0.05) is 6.07 Å². The molecule has 0 saturated heterocycles. The molecular weight excluding hydrogens is 268 g/mol. The van der Waals surface area contributed by atoms with Crippen molar-refractivity contribution in [3.8, 4) is 23.1 Å². The summed E-state index contributed by atoms with van der Waals surface area (Å²) < 4.78 is 16.3. The highest BCUT2D eigenvalue weighted by molar-refractivity contribution is 5.44. The maximum absolute atomic E-state index is 5.87. The molecule has 0 aliphatic rings. The Balaban J connectivity index is 2.29. The van der Waals surface area contributed by atoms with Crippen molar-refractivity contribution in [1.82, 2.24) is 4.98 Å². The number of ether oxygens (including phenoxy) is 3. The molecular formula is C16H20N2O3. The largest absolute Gasteiger partial charge is 0.496 e. The van der Waals surface area contributed by atoms with Crippen LogP contribution in [0.3, 0.4) is 0 Å². The summed E-state index contributed by atoms with van der Waals surface area (Å²) in [5.74, 6) is 2.48. The van der Waals surface area contributed by atoms with Gasteiger partial charge < -0.3 is 19.9 Å². The minimum Gasteiger partial charge on any atom is -0.496 e. The zero-order valence-electron chi connectivity index (χ0n) is 12.5. The van der Waals surface area contributed by atoms with E-state index in [2.05, 4.69) is 4.98 Å². The van der Waals surface area contributed by atoms with Crippen LogP contribution in [0.5, 0.6) is 23.1 Å². The number of hydrogen-bond donors (Lipinski definition) is 1. The van der Waals surface area contributed by atoms with E-state index in [-0.39, 0.29) is 6.04 Å². The summed E-state index contributed by atoms with van der Waals surface area (Å²) in [6.07, 6.45) is 2.39. The van der Waals surface area contributed by atoms with Crippen LogP contribution in [-0.2, 0) is 6.42 Å². The van der Waals surface area contributed by atoms with Crippen molar-refractivity contribution in [2.24, 2.45) is 5.73 Å². The van der Waals surface area contributed by atoms with Crippen molar-refractivity contribution >= 4 is 0 Å². The predicted octanol–water partition coefficient (Wildman–Crippen LogP) is 2.78. The Morgan fingerprint density at radius 3 is 2.29 bits per heavy atom. The van der Waals surface area contributed by atoms with Crippen molar-refractivity contribution < 1.29 is 14.2 Å². The lowest BCUT2D eigenvalue weighted by Gasteiger charge is -2.13. The second-order valence-corrected chi connectivity index (χ2v) is 4.80. The molecule has 0 fully saturated rings. The molecule has 0 bridgehead atoms. The lowest BCUT2D eigenvalue weighted by Crippen LogP contribution is -2.18. The second kappa shape index (κ2) is 6.95. The standard InChI is InChI=1S/C16H20N2O3/c1-11(17)7-12-5-4-6-18-16(12)21-15-9-13(19-2)8-14(10-15)20-3/h4-6,8-11H,7,17H2,1-3H3. The molecule has 5 heteroatoms. The van der Waals surface area contributed by atoms with Gasteiger partial charge in [-0.2, -0.15) is 0 Å². The Bertz CT molecular complexity index is 578. The zero-order chi connectivity index (χ0) is 15.2. The van der Waals surface area contributed by atoms with Gasteiger partial charge in [0.15, 0.2) is 0 Å². The van der Waals surface area contributed by atoms with E-state index < -0.39 is 0 Å². The Morgan fingerprint density at radius 2 is 1.71 bits per heavy atom. The highest BCUT2D eigenvalue weighted by atomic mass is 16.5. The molecule has 1 heterocycles. The molecule has 1 aromatic carbocycles. The monoisotopic (exact) mass is 288 g/mol. The van der Waals surface area contributed by atoms with Gasteiger partial charge in [-0.3, -0.25) is 0 Å². The van der Waals surface area contributed by atoms with E-state index in [9.17, 15) is 0 Å². The van der Waals surface area contributed by atoms with Crippen LogP contribution >= 0.6 is 0 Å². The molecule has 0 saturated carbocycles. The summed E-state index contributed by atoms with van der Waals surface area (Å²) in [7, 11) is 3.20. The lowest BCUT2D eigenvalue weighted by molar-refractivity contribution is 0.384. The molecule has 2 N–H and O–H groups in total. The summed E-state index contributed by atoms with van der Waals surface area (Å²) >= 11 is 0. The summed E-state index contributed by atoms with van der Waals surface area (Å²) in [6, 6.07) is 9.23. The van der Waals surface area contributed by atoms with E-state index in [0.29, 0.717) is 29.5 Å². The molecule has 2 rings (SSSR count). The number of pyridine rings is 1. The number of rotatable bonds is 6. The van der Waals surface area contributed by atoms with E-state index >= 15 is 0 Å². The molecule has 112 valence electrons. The number of hydrogen-bond acceptors (Lipinski definition) is 5. The zero-order valence-corrected chi connectivity index (χ0v) is 12.5. The van der Waals surface area contributed by atoms with Crippen LogP contribution in [0.25, 0.3) is 0 Å². The molecule has 0 radical (unpaired) electrons. The average Bonchev–Trinajstić information content (AvgIpc) is 2.48. The minimum absolute atomic E-state index is 0.0383. The van der Waals surface area contributed by atoms with Gasteiger partial charge in [-0.15, -0.1) is 0 Å². The Labute approximate surface area is 124 Å². The fourth-order valence-corrected chi connectivity index (χ4v) is 1.97. The fraction of sp³-hybridized carbons (Fsp3) is 0.312. The van der Waals surface area contributed by atoms with Crippen LogP contribution < -0.4 is 19.9 Å². The van der Waals surface area contributed by atoms with Crippen LogP contribution in [0.1, 0.15) is 12.5 Å². The van der Waals surface area contributed by atoms with Gasteiger partial charge >= 0.3 is 0 Å². The first-order chi connectivity index (χ1) is 10.1. The Hall–Kier alpha value is -2.27. The molecule has 0 spiro atoms. The SMILES string of the molecule is COc1cc(OC)cc(Oc2ncccc2CC(C)N)c1. The first kappa shape index (κ1) is 15.1. The highest BCUT2D eigenvalue weighted by Gasteiger charge is 2.10. The fourth-order valence-electron chi connectivity index (χ4n) is 1.97. The maximum atomic E-state index is 5.87. The van der Waals surface area contributed by atoms with Gasteiger partial charge in [0, 0.05) is 36.0 Å². The summed E-state index contributed by atoms with van der Waals surface area (Å²) in [4.78, 5) is 4.28. The number of methoxy groups -OCH3 is 2. The van der Waals surface area contributed by atoms with Crippen molar-refractivity contribution in [3.63, 3.8) is 0 Å². The van der Waals surface area contributed by atoms with E-state index in [0.717, 1.165) is 5.56 Å². The topological polar surface area (TPSA) is 66.6 Å². The minimum atomic E-state index is 0.0383. The van der Waals surface area contributed by atoms with E-state index in [1.165, 1.54) is 0 Å². The molecule has 2 aromatic rings. The predicted molar refractivity (Wildman–Crippen MR) is 81.2 cm³/mol. The van der Waals surface area contributed by atoms with Crippen molar-refractivity contribution in [3.05, 3.63) is 42.1 Å². The van der Waals surface area contributed by atoms with Crippen LogP contribution in [0, 0.1) is 0 Å². The van der Waals surface area contributed by atoms with Gasteiger partial charge in [0.05, 0.1) is 14.2 Å². The van der Waals surface area contributed by atoms with Crippen molar-refractivity contribution in [1.29, 1.82) is 0 Å². The van der Waals surface area contributed by atoms with E-state index in [1.807, 2.05) is 19.1 Å². The molecule has 1 atom stereocenters. The third-order valence-electron chi connectivity index (χ3n) is 2.93. The third-order valence-corrected chi connectivity index (χ3v) is 2.93. The number of benzene rings is 1. The van der Waals surface area contributed by atoms with Gasteiger partial charge in [0.1, 0.15) is 17.2 Å². The quantitative estimate of drug-likeness (QED) is 0.885. The smallest absolute Gasteiger partial charge is 0.222 e. The molecule has 0 aliphatic heterocycles. The molecule has 0 aliphatic carbocycles. The first-order valence-corrected chi connectivity index (χ1v) is 6.72. The number of aromatic nitrogens is 1. The molecule has 1 unspecified atom stereocenters. The highest BCUT2D eigenvalue weighted by Crippen LogP contribution is 2.31. The van der Waals surface area contributed by atoms with Crippen LogP contribution in [0.15, 0.2) is 36.5 Å². The summed E-state index contributed by atoms with van der Waals surface area (Å²) in [6.45, 7) is 1.95. The van der Waals surface area contributed by atoms with Crippen LogP contribution in [0.2, 0.25) is 0 Å². The van der Waals surface area contributed by atoms with Crippen molar-refractivity contribution in [2.45, 2.75) is 19.4 Å². The summed E-state index contributed by atoms with van der Waals surface area (Å²) in [5, 5.41) is 0. The van der Waals surface area contributed by atoms with E-state index in [1.54, 1.807) is 38.6 Å². The van der Waals surface area contributed by atoms with E-state index in [4.69, 9.17) is 19.9 Å². The first-order valence-electron chi connectivity index (χ1n) is 6.72. The number of nitrogens with two attached hydrogens (primary N) is 1.